The molecule has 1 aromatic rings. The smallest absolute Gasteiger partial charge is 0.165 e. The molecular formula is C11H11F2NO. The van der Waals surface area contributed by atoms with E-state index >= 15 is 0 Å². The predicted octanol–water partition coefficient (Wildman–Crippen LogP) is 2.80. The molecule has 2 nitrogen and oxygen atoms in total. The number of halogens is 2. The lowest BCUT2D eigenvalue weighted by molar-refractivity contribution is 0.396. The number of benzene rings is 1. The molecule has 0 heterocycles. The highest BCUT2D eigenvalue weighted by Gasteiger charge is 2.18. The van der Waals surface area contributed by atoms with Crippen molar-refractivity contribution in [2.24, 2.45) is 0 Å². The Morgan fingerprint density at radius 1 is 1.47 bits per heavy atom. The summed E-state index contributed by atoms with van der Waals surface area (Å²) in [6.07, 6.45) is 1.00. The maximum absolute atomic E-state index is 13.4. The molecule has 0 saturated heterocycles. The highest BCUT2D eigenvalue weighted by atomic mass is 19.2. The van der Waals surface area contributed by atoms with Gasteiger partial charge in [-0.25, -0.2) is 8.78 Å². The molecule has 4 heteroatoms. The third kappa shape index (κ3) is 2.07. The predicted molar refractivity (Wildman–Crippen MR) is 51.6 cm³/mol. The van der Waals surface area contributed by atoms with Crippen LogP contribution in [0.3, 0.4) is 0 Å². The molecule has 0 amide bonds. The molecule has 0 N–H and O–H groups in total. The van der Waals surface area contributed by atoms with Crippen LogP contribution in [0.25, 0.3) is 0 Å². The van der Waals surface area contributed by atoms with Crippen LogP contribution in [0, 0.1) is 23.0 Å². The Bertz CT molecular complexity index is 410. The standard InChI is InChI=1S/C11H11F2NO/c1-3-4-8-10(13)9(12)5-7(6-14)11(8)15-2/h5H,3-4H2,1-2H3. The number of nitriles is 1. The number of rotatable bonds is 3. The van der Waals surface area contributed by atoms with E-state index in [0.717, 1.165) is 6.07 Å². The molecule has 0 atom stereocenters. The van der Waals surface area contributed by atoms with Crippen LogP contribution in [0.4, 0.5) is 8.78 Å². The molecule has 15 heavy (non-hydrogen) atoms. The van der Waals surface area contributed by atoms with Crippen molar-refractivity contribution in [3.8, 4) is 11.8 Å². The fourth-order valence-corrected chi connectivity index (χ4v) is 1.45. The first kappa shape index (κ1) is 11.4. The Balaban J connectivity index is 3.43. The molecule has 0 spiro atoms. The van der Waals surface area contributed by atoms with Gasteiger partial charge in [0, 0.05) is 5.56 Å². The minimum absolute atomic E-state index is 0.0276. The summed E-state index contributed by atoms with van der Waals surface area (Å²) in [5.41, 5.74) is 0.163. The van der Waals surface area contributed by atoms with E-state index in [1.54, 1.807) is 6.07 Å². The van der Waals surface area contributed by atoms with Crippen LogP contribution in [0.1, 0.15) is 24.5 Å². The first-order valence-corrected chi connectivity index (χ1v) is 4.60. The lowest BCUT2D eigenvalue weighted by atomic mass is 10.0. The van der Waals surface area contributed by atoms with Crippen LogP contribution < -0.4 is 4.74 Å². The van der Waals surface area contributed by atoms with Crippen molar-refractivity contribution >= 4 is 0 Å². The molecule has 80 valence electrons. The van der Waals surface area contributed by atoms with Gasteiger partial charge in [0.25, 0.3) is 0 Å². The molecule has 1 aromatic carbocycles. The maximum atomic E-state index is 13.4. The average molecular weight is 211 g/mol. The van der Waals surface area contributed by atoms with Crippen LogP contribution in [-0.2, 0) is 6.42 Å². The zero-order valence-electron chi connectivity index (χ0n) is 8.60. The number of hydrogen-bond donors (Lipinski definition) is 0. The average Bonchev–Trinajstić information content (AvgIpc) is 2.24. The van der Waals surface area contributed by atoms with Crippen LogP contribution in [-0.4, -0.2) is 7.11 Å². The van der Waals surface area contributed by atoms with E-state index in [1.165, 1.54) is 7.11 Å². The number of methoxy groups -OCH3 is 1. The highest BCUT2D eigenvalue weighted by Crippen LogP contribution is 2.29. The van der Waals surface area contributed by atoms with Crippen molar-refractivity contribution in [2.75, 3.05) is 7.11 Å². The Morgan fingerprint density at radius 2 is 2.13 bits per heavy atom. The SMILES string of the molecule is CCCc1c(F)c(F)cc(C#N)c1OC. The monoisotopic (exact) mass is 211 g/mol. The molecule has 0 radical (unpaired) electrons. The zero-order valence-corrected chi connectivity index (χ0v) is 8.60. The Hall–Kier alpha value is -1.63. The van der Waals surface area contributed by atoms with Crippen molar-refractivity contribution in [1.29, 1.82) is 5.26 Å². The summed E-state index contributed by atoms with van der Waals surface area (Å²) >= 11 is 0. The second-order valence-electron chi connectivity index (χ2n) is 3.09. The van der Waals surface area contributed by atoms with Crippen LogP contribution in [0.2, 0.25) is 0 Å². The van der Waals surface area contributed by atoms with E-state index in [1.807, 2.05) is 6.92 Å². The van der Waals surface area contributed by atoms with Gasteiger partial charge >= 0.3 is 0 Å². The van der Waals surface area contributed by atoms with Gasteiger partial charge in [-0.3, -0.25) is 0 Å². The van der Waals surface area contributed by atoms with E-state index in [4.69, 9.17) is 10.00 Å². The van der Waals surface area contributed by atoms with Gasteiger partial charge in [-0.1, -0.05) is 13.3 Å². The summed E-state index contributed by atoms with van der Waals surface area (Å²) < 4.78 is 31.4. The lowest BCUT2D eigenvalue weighted by Gasteiger charge is -2.10. The summed E-state index contributed by atoms with van der Waals surface area (Å²) in [6.45, 7) is 1.84. The Labute approximate surface area is 87.1 Å². The summed E-state index contributed by atoms with van der Waals surface area (Å²) in [4.78, 5) is 0. The van der Waals surface area contributed by atoms with E-state index in [2.05, 4.69) is 0 Å². The fraction of sp³-hybridized carbons (Fsp3) is 0.364. The van der Waals surface area contributed by atoms with Gasteiger partial charge in [0.05, 0.1) is 12.7 Å². The minimum Gasteiger partial charge on any atom is -0.495 e. The molecule has 0 bridgehead atoms. The van der Waals surface area contributed by atoms with Crippen LogP contribution in [0.5, 0.6) is 5.75 Å². The maximum Gasteiger partial charge on any atom is 0.165 e. The second kappa shape index (κ2) is 4.74. The summed E-state index contributed by atoms with van der Waals surface area (Å²) in [6, 6.07) is 2.64. The first-order chi connectivity index (χ1) is 7.15. The Kier molecular flexibility index (Phi) is 3.62. The van der Waals surface area contributed by atoms with Crippen molar-refractivity contribution < 1.29 is 13.5 Å². The normalized spacial score (nSPS) is 9.80. The van der Waals surface area contributed by atoms with Gasteiger partial charge in [0.1, 0.15) is 11.8 Å². The number of hydrogen-bond acceptors (Lipinski definition) is 2. The highest BCUT2D eigenvalue weighted by molar-refractivity contribution is 5.49. The summed E-state index contributed by atoms with van der Waals surface area (Å²) in [7, 11) is 1.34. The third-order valence-corrected chi connectivity index (χ3v) is 2.09. The minimum atomic E-state index is -1.00. The molecule has 1 rings (SSSR count). The van der Waals surface area contributed by atoms with Gasteiger partial charge in [-0.2, -0.15) is 5.26 Å². The number of ether oxygens (including phenoxy) is 1. The van der Waals surface area contributed by atoms with E-state index < -0.39 is 11.6 Å². The molecule has 0 unspecified atom stereocenters. The van der Waals surface area contributed by atoms with Crippen molar-refractivity contribution in [1.82, 2.24) is 0 Å². The zero-order chi connectivity index (χ0) is 11.4. The summed E-state index contributed by atoms with van der Waals surface area (Å²) in [5, 5.41) is 8.74. The van der Waals surface area contributed by atoms with Gasteiger partial charge in [0.15, 0.2) is 11.6 Å². The fourth-order valence-electron chi connectivity index (χ4n) is 1.45. The molecule has 0 saturated carbocycles. The largest absolute Gasteiger partial charge is 0.495 e. The molecular weight excluding hydrogens is 200 g/mol. The second-order valence-corrected chi connectivity index (χ2v) is 3.09. The molecule has 0 aliphatic rings. The molecule has 0 fully saturated rings. The van der Waals surface area contributed by atoms with Crippen molar-refractivity contribution in [3.05, 3.63) is 28.8 Å². The van der Waals surface area contributed by atoms with E-state index in [0.29, 0.717) is 12.8 Å². The Morgan fingerprint density at radius 3 is 2.60 bits per heavy atom. The first-order valence-electron chi connectivity index (χ1n) is 4.60. The van der Waals surface area contributed by atoms with Gasteiger partial charge in [0.2, 0.25) is 0 Å². The quantitative estimate of drug-likeness (QED) is 0.770. The lowest BCUT2D eigenvalue weighted by Crippen LogP contribution is -2.01. The van der Waals surface area contributed by atoms with Crippen molar-refractivity contribution in [2.45, 2.75) is 19.8 Å². The van der Waals surface area contributed by atoms with E-state index in [9.17, 15) is 8.78 Å². The van der Waals surface area contributed by atoms with Gasteiger partial charge < -0.3 is 4.74 Å². The number of nitrogens with zero attached hydrogens (tertiary/aromatic N) is 1. The molecule has 0 aliphatic carbocycles. The topological polar surface area (TPSA) is 33.0 Å². The van der Waals surface area contributed by atoms with Gasteiger partial charge in [-0.05, 0) is 12.5 Å². The van der Waals surface area contributed by atoms with Gasteiger partial charge in [-0.15, -0.1) is 0 Å². The van der Waals surface area contributed by atoms with Crippen LogP contribution >= 0.6 is 0 Å². The third-order valence-electron chi connectivity index (χ3n) is 2.09. The van der Waals surface area contributed by atoms with Crippen LogP contribution in [0.15, 0.2) is 6.07 Å². The summed E-state index contributed by atoms with van der Waals surface area (Å²) in [5.74, 6) is -1.79. The van der Waals surface area contributed by atoms with Crippen molar-refractivity contribution in [3.63, 3.8) is 0 Å². The molecule has 0 aliphatic heterocycles. The van der Waals surface area contributed by atoms with E-state index in [-0.39, 0.29) is 16.9 Å². The molecule has 0 aromatic heterocycles.